The summed E-state index contributed by atoms with van der Waals surface area (Å²) >= 11 is 0. The minimum absolute atomic E-state index is 0.0570. The van der Waals surface area contributed by atoms with Gasteiger partial charge < -0.3 is 34.8 Å². The van der Waals surface area contributed by atoms with Crippen molar-refractivity contribution in [2.24, 2.45) is 0 Å². The van der Waals surface area contributed by atoms with E-state index in [1.54, 1.807) is 24.1 Å². The summed E-state index contributed by atoms with van der Waals surface area (Å²) in [7, 11) is 1.56. The Morgan fingerprint density at radius 2 is 1.74 bits per heavy atom. The van der Waals surface area contributed by atoms with Crippen LogP contribution in [0.2, 0.25) is 0 Å². The zero-order valence-electron chi connectivity index (χ0n) is 21.9. The summed E-state index contributed by atoms with van der Waals surface area (Å²) in [5.41, 5.74) is 2.01. The molecule has 4 heterocycles. The van der Waals surface area contributed by atoms with Gasteiger partial charge in [-0.3, -0.25) is 4.79 Å². The standard InChI is InChI=1S/C26H33N7O5/c1-26(2,36)24(34)33-10-8-16(9-11-33)19-20-21(38-31-19)23(32-12-14-37-15-13-32)30-22(29-20)17-4-6-18(7-5-17)28-25(35)27-3/h4-7,16,36H,8-15H2,1-3H3,(H2,27,28,35). The zero-order chi connectivity index (χ0) is 26.9. The van der Waals surface area contributed by atoms with E-state index in [1.807, 2.05) is 12.1 Å². The number of aromatic nitrogens is 3. The van der Waals surface area contributed by atoms with Crippen molar-refractivity contribution in [2.45, 2.75) is 38.2 Å². The molecule has 2 fully saturated rings. The van der Waals surface area contributed by atoms with E-state index in [0.717, 1.165) is 11.3 Å². The van der Waals surface area contributed by atoms with E-state index in [1.165, 1.54) is 13.8 Å². The highest BCUT2D eigenvalue weighted by Crippen LogP contribution is 2.36. The Kier molecular flexibility index (Phi) is 7.17. The Bertz CT molecular complexity index is 1300. The predicted octanol–water partition coefficient (Wildman–Crippen LogP) is 2.35. The van der Waals surface area contributed by atoms with Crippen molar-refractivity contribution in [3.05, 3.63) is 30.0 Å². The van der Waals surface area contributed by atoms with Gasteiger partial charge in [0.1, 0.15) is 16.8 Å². The van der Waals surface area contributed by atoms with E-state index < -0.39 is 5.60 Å². The summed E-state index contributed by atoms with van der Waals surface area (Å²) in [6, 6.07) is 7.04. The molecule has 12 heteroatoms. The van der Waals surface area contributed by atoms with Gasteiger partial charge in [-0.25, -0.2) is 14.8 Å². The summed E-state index contributed by atoms with van der Waals surface area (Å²) in [5, 5.41) is 19.8. The maximum Gasteiger partial charge on any atom is 0.318 e. The molecule has 202 valence electrons. The van der Waals surface area contributed by atoms with Gasteiger partial charge >= 0.3 is 6.03 Å². The number of ether oxygens (including phenoxy) is 1. The molecule has 3 amide bonds. The minimum atomic E-state index is -1.39. The summed E-state index contributed by atoms with van der Waals surface area (Å²) < 4.78 is 11.4. The number of carbonyl (C=O) groups is 2. The number of morpholine rings is 1. The number of urea groups is 1. The smallest absolute Gasteiger partial charge is 0.318 e. The van der Waals surface area contributed by atoms with Crippen molar-refractivity contribution < 1.29 is 24.0 Å². The lowest BCUT2D eigenvalue weighted by Crippen LogP contribution is -2.48. The van der Waals surface area contributed by atoms with Crippen LogP contribution in [0.5, 0.6) is 0 Å². The van der Waals surface area contributed by atoms with Crippen molar-refractivity contribution in [1.82, 2.24) is 25.3 Å². The number of benzene rings is 1. The van der Waals surface area contributed by atoms with Gasteiger partial charge in [-0.1, -0.05) is 5.16 Å². The molecule has 0 unspecified atom stereocenters. The highest BCUT2D eigenvalue weighted by atomic mass is 16.5. The fourth-order valence-electron chi connectivity index (χ4n) is 4.86. The number of hydrogen-bond donors (Lipinski definition) is 3. The SMILES string of the molecule is CNC(=O)Nc1ccc(-c2nc(N3CCOCC3)c3onc(C4CCN(C(=O)C(C)(C)O)CC4)c3n2)cc1. The summed E-state index contributed by atoms with van der Waals surface area (Å²) in [6.45, 7) is 6.61. The van der Waals surface area contributed by atoms with Gasteiger partial charge in [0.2, 0.25) is 5.58 Å². The van der Waals surface area contributed by atoms with Crippen molar-refractivity contribution >= 4 is 34.5 Å². The first-order valence-corrected chi connectivity index (χ1v) is 12.9. The average molecular weight is 524 g/mol. The highest BCUT2D eigenvalue weighted by molar-refractivity contribution is 5.90. The molecule has 0 aliphatic carbocycles. The number of nitrogens with zero attached hydrogens (tertiary/aromatic N) is 5. The first kappa shape index (κ1) is 25.9. The van der Waals surface area contributed by atoms with Crippen LogP contribution in [0.25, 0.3) is 22.5 Å². The molecule has 12 nitrogen and oxygen atoms in total. The largest absolute Gasteiger partial charge is 0.381 e. The third-order valence-corrected chi connectivity index (χ3v) is 6.96. The van der Waals surface area contributed by atoms with Gasteiger partial charge in [-0.15, -0.1) is 0 Å². The van der Waals surface area contributed by atoms with Gasteiger partial charge in [0, 0.05) is 50.4 Å². The number of amides is 3. The van der Waals surface area contributed by atoms with Crippen molar-refractivity contribution in [3.63, 3.8) is 0 Å². The number of fused-ring (bicyclic) bond motifs is 1. The lowest BCUT2D eigenvalue weighted by Gasteiger charge is -2.34. The second kappa shape index (κ2) is 10.5. The molecule has 3 aromatic rings. The molecule has 2 aliphatic rings. The first-order chi connectivity index (χ1) is 18.2. The summed E-state index contributed by atoms with van der Waals surface area (Å²) in [5.74, 6) is 0.995. The van der Waals surface area contributed by atoms with E-state index in [-0.39, 0.29) is 17.9 Å². The quantitative estimate of drug-likeness (QED) is 0.459. The Morgan fingerprint density at radius 1 is 1.05 bits per heavy atom. The van der Waals surface area contributed by atoms with E-state index in [0.29, 0.717) is 80.7 Å². The third kappa shape index (κ3) is 5.27. The first-order valence-electron chi connectivity index (χ1n) is 12.9. The molecule has 0 atom stereocenters. The van der Waals surface area contributed by atoms with Crippen molar-refractivity contribution in [2.75, 3.05) is 56.7 Å². The monoisotopic (exact) mass is 523 g/mol. The van der Waals surface area contributed by atoms with Crippen LogP contribution in [0.4, 0.5) is 16.3 Å². The second-order valence-corrected chi connectivity index (χ2v) is 10.1. The second-order valence-electron chi connectivity index (χ2n) is 10.1. The van der Waals surface area contributed by atoms with E-state index in [9.17, 15) is 14.7 Å². The molecule has 0 bridgehead atoms. The Labute approximate surface area is 220 Å². The van der Waals surface area contributed by atoms with Gasteiger partial charge in [0.15, 0.2) is 11.6 Å². The Hall–Kier alpha value is -3.77. The number of carbonyl (C=O) groups excluding carboxylic acids is 2. The number of aliphatic hydroxyl groups is 1. The highest BCUT2D eigenvalue weighted by Gasteiger charge is 2.34. The molecule has 1 aromatic carbocycles. The van der Waals surface area contributed by atoms with Crippen LogP contribution in [0, 0.1) is 0 Å². The fraction of sp³-hybridized carbons (Fsp3) is 0.500. The molecule has 5 rings (SSSR count). The molecular weight excluding hydrogens is 490 g/mol. The maximum absolute atomic E-state index is 12.5. The van der Waals surface area contributed by atoms with E-state index >= 15 is 0 Å². The number of nitrogens with one attached hydrogen (secondary N) is 2. The van der Waals surface area contributed by atoms with Gasteiger partial charge in [0.05, 0.1) is 13.2 Å². The van der Waals surface area contributed by atoms with Crippen LogP contribution >= 0.6 is 0 Å². The number of anilines is 2. The van der Waals surface area contributed by atoms with E-state index in [4.69, 9.17) is 19.2 Å². The third-order valence-electron chi connectivity index (χ3n) is 6.96. The topological polar surface area (TPSA) is 146 Å². The fourth-order valence-corrected chi connectivity index (χ4v) is 4.86. The van der Waals surface area contributed by atoms with Crippen LogP contribution in [-0.2, 0) is 9.53 Å². The molecular formula is C26H33N7O5. The van der Waals surface area contributed by atoms with Crippen LogP contribution in [0.1, 0.15) is 38.3 Å². The molecule has 38 heavy (non-hydrogen) atoms. The van der Waals surface area contributed by atoms with E-state index in [2.05, 4.69) is 20.7 Å². The molecule has 2 aromatic heterocycles. The van der Waals surface area contributed by atoms with Crippen LogP contribution in [-0.4, -0.2) is 89.1 Å². The molecule has 0 saturated carbocycles. The molecule has 2 aliphatic heterocycles. The van der Waals surface area contributed by atoms with Crippen LogP contribution < -0.4 is 15.5 Å². The van der Waals surface area contributed by atoms with Crippen molar-refractivity contribution in [3.8, 4) is 11.4 Å². The lowest BCUT2D eigenvalue weighted by molar-refractivity contribution is -0.148. The molecule has 0 spiro atoms. The maximum atomic E-state index is 12.5. The van der Waals surface area contributed by atoms with Gasteiger partial charge in [0.25, 0.3) is 5.91 Å². The molecule has 2 saturated heterocycles. The summed E-state index contributed by atoms with van der Waals surface area (Å²) in [6.07, 6.45) is 1.38. The zero-order valence-corrected chi connectivity index (χ0v) is 21.9. The van der Waals surface area contributed by atoms with Crippen molar-refractivity contribution in [1.29, 1.82) is 0 Å². The number of likely N-dealkylation sites (tertiary alicyclic amines) is 1. The predicted molar refractivity (Wildman–Crippen MR) is 141 cm³/mol. The minimum Gasteiger partial charge on any atom is -0.381 e. The number of hydrogen-bond acceptors (Lipinski definition) is 9. The molecule has 3 N–H and O–H groups in total. The van der Waals surface area contributed by atoms with Crippen LogP contribution in [0.15, 0.2) is 28.8 Å². The Morgan fingerprint density at radius 3 is 2.37 bits per heavy atom. The lowest BCUT2D eigenvalue weighted by atomic mass is 9.92. The van der Waals surface area contributed by atoms with Gasteiger partial charge in [-0.05, 0) is 51.0 Å². The number of piperidine rings is 1. The van der Waals surface area contributed by atoms with Crippen LogP contribution in [0.3, 0.4) is 0 Å². The summed E-state index contributed by atoms with van der Waals surface area (Å²) in [4.78, 5) is 37.8. The average Bonchev–Trinajstić information content (AvgIpc) is 3.36. The Balaban J connectivity index is 1.48. The number of rotatable bonds is 5. The molecule has 0 radical (unpaired) electrons. The normalized spacial score (nSPS) is 17.1. The van der Waals surface area contributed by atoms with Gasteiger partial charge in [-0.2, -0.15) is 0 Å².